The molecule has 2 aromatic carbocycles. The van der Waals surface area contributed by atoms with Crippen LogP contribution in [0.4, 0.5) is 11.4 Å². The molecule has 1 heterocycles. The second-order valence-electron chi connectivity index (χ2n) is 5.41. The highest BCUT2D eigenvalue weighted by Crippen LogP contribution is 2.21. The predicted molar refractivity (Wildman–Crippen MR) is 99.7 cm³/mol. The summed E-state index contributed by atoms with van der Waals surface area (Å²) >= 11 is 5.10. The minimum atomic E-state index is -1.17. The summed E-state index contributed by atoms with van der Waals surface area (Å²) < 4.78 is 0. The first-order chi connectivity index (χ1) is 12.5. The first-order valence-corrected chi connectivity index (χ1v) is 7.99. The zero-order valence-corrected chi connectivity index (χ0v) is 14.1. The van der Waals surface area contributed by atoms with E-state index < -0.39 is 23.7 Å². The Morgan fingerprint density at radius 1 is 1.15 bits per heavy atom. The molecule has 2 amide bonds. The van der Waals surface area contributed by atoms with Crippen molar-refractivity contribution < 1.29 is 19.5 Å². The normalized spacial score (nSPS) is 17.5. The fraction of sp³-hybridized carbons (Fsp3) is 0.0556. The molecule has 1 atom stereocenters. The number of nitrogens with zero attached hydrogens (tertiary/aromatic N) is 2. The summed E-state index contributed by atoms with van der Waals surface area (Å²) in [5, 5.41) is 11.5. The Morgan fingerprint density at radius 3 is 2.58 bits per heavy atom. The van der Waals surface area contributed by atoms with Crippen molar-refractivity contribution in [3.8, 4) is 0 Å². The number of benzene rings is 2. The Balaban J connectivity index is 1.88. The molecule has 0 aliphatic carbocycles. The summed E-state index contributed by atoms with van der Waals surface area (Å²) in [6, 6.07) is 14.6. The summed E-state index contributed by atoms with van der Waals surface area (Å²) in [5.41, 5.74) is 0.921. The van der Waals surface area contributed by atoms with Crippen molar-refractivity contribution in [2.45, 2.75) is 0 Å². The Labute approximate surface area is 154 Å². The van der Waals surface area contributed by atoms with E-state index in [1.54, 1.807) is 36.4 Å². The topological polar surface area (TPSA) is 99.1 Å². The van der Waals surface area contributed by atoms with E-state index in [0.717, 1.165) is 0 Å². The van der Waals surface area contributed by atoms with Crippen LogP contribution < -0.4 is 10.2 Å². The van der Waals surface area contributed by atoms with Gasteiger partial charge in [-0.3, -0.25) is 19.5 Å². The van der Waals surface area contributed by atoms with Crippen molar-refractivity contribution >= 4 is 52.7 Å². The fourth-order valence-corrected chi connectivity index (χ4v) is 2.72. The van der Waals surface area contributed by atoms with Crippen LogP contribution in [0.2, 0.25) is 0 Å². The molecular weight excluding hydrogens is 354 g/mol. The van der Waals surface area contributed by atoms with Gasteiger partial charge in [-0.2, -0.15) is 0 Å². The van der Waals surface area contributed by atoms with Crippen molar-refractivity contribution in [3.05, 3.63) is 60.2 Å². The third kappa shape index (κ3) is 3.50. The SMILES string of the molecule is O=C(O)c1cccc(N=C[C@H]2C(=O)NC(=S)N(c3ccccc3)C2=O)c1. The molecule has 3 rings (SSSR count). The van der Waals surface area contributed by atoms with E-state index in [9.17, 15) is 14.4 Å². The number of anilines is 1. The molecule has 2 N–H and O–H groups in total. The molecule has 8 heteroatoms. The number of aromatic carboxylic acids is 1. The molecule has 0 unspecified atom stereocenters. The zero-order chi connectivity index (χ0) is 18.7. The molecule has 0 aromatic heterocycles. The highest BCUT2D eigenvalue weighted by molar-refractivity contribution is 7.80. The number of carbonyl (C=O) groups excluding carboxylic acids is 2. The predicted octanol–water partition coefficient (Wildman–Crippen LogP) is 2.15. The second kappa shape index (κ2) is 7.24. The van der Waals surface area contributed by atoms with Gasteiger partial charge in [-0.1, -0.05) is 24.3 Å². The molecular formula is C18H13N3O4S. The lowest BCUT2D eigenvalue weighted by atomic mass is 10.1. The third-order valence-corrected chi connectivity index (χ3v) is 3.97. The van der Waals surface area contributed by atoms with E-state index in [1.165, 1.54) is 29.3 Å². The van der Waals surface area contributed by atoms with Crippen LogP contribution >= 0.6 is 12.2 Å². The maximum Gasteiger partial charge on any atom is 0.335 e. The average molecular weight is 367 g/mol. The summed E-state index contributed by atoms with van der Waals surface area (Å²) in [6.07, 6.45) is 1.19. The minimum absolute atomic E-state index is 0.00345. The Kier molecular flexibility index (Phi) is 4.85. The number of carboxylic acid groups (broad SMARTS) is 1. The van der Waals surface area contributed by atoms with Gasteiger partial charge in [0.25, 0.3) is 5.91 Å². The number of para-hydroxylation sites is 1. The van der Waals surface area contributed by atoms with Crippen molar-refractivity contribution in [2.24, 2.45) is 10.9 Å². The zero-order valence-electron chi connectivity index (χ0n) is 13.3. The molecule has 1 fully saturated rings. The summed E-state index contributed by atoms with van der Waals surface area (Å²) in [6.45, 7) is 0. The maximum absolute atomic E-state index is 12.7. The van der Waals surface area contributed by atoms with Gasteiger partial charge in [-0.15, -0.1) is 0 Å². The number of hydrogen-bond acceptors (Lipinski definition) is 5. The van der Waals surface area contributed by atoms with Gasteiger partial charge in [0.15, 0.2) is 11.0 Å². The number of carbonyl (C=O) groups is 3. The van der Waals surface area contributed by atoms with E-state index in [2.05, 4.69) is 10.3 Å². The lowest BCUT2D eigenvalue weighted by Crippen LogP contribution is -2.58. The quantitative estimate of drug-likeness (QED) is 0.490. The van der Waals surface area contributed by atoms with Gasteiger partial charge in [-0.25, -0.2) is 4.79 Å². The summed E-state index contributed by atoms with van der Waals surface area (Å²) in [4.78, 5) is 41.2. The molecule has 1 aliphatic heterocycles. The fourth-order valence-electron chi connectivity index (χ4n) is 2.42. The number of nitrogens with one attached hydrogen (secondary N) is 1. The summed E-state index contributed by atoms with van der Waals surface area (Å²) in [5.74, 6) is -3.36. The van der Waals surface area contributed by atoms with Crippen LogP contribution in [0, 0.1) is 5.92 Å². The molecule has 0 saturated carbocycles. The van der Waals surface area contributed by atoms with E-state index in [0.29, 0.717) is 11.4 Å². The first-order valence-electron chi connectivity index (χ1n) is 7.59. The third-order valence-electron chi connectivity index (χ3n) is 3.68. The Hall–Kier alpha value is -3.39. The largest absolute Gasteiger partial charge is 0.478 e. The second-order valence-corrected chi connectivity index (χ2v) is 5.80. The van der Waals surface area contributed by atoms with Crippen LogP contribution in [0.1, 0.15) is 10.4 Å². The van der Waals surface area contributed by atoms with Crippen molar-refractivity contribution in [3.63, 3.8) is 0 Å². The molecule has 0 spiro atoms. The highest BCUT2D eigenvalue weighted by atomic mass is 32.1. The Morgan fingerprint density at radius 2 is 1.88 bits per heavy atom. The van der Waals surface area contributed by atoms with Crippen LogP contribution in [-0.2, 0) is 9.59 Å². The number of rotatable bonds is 4. The van der Waals surface area contributed by atoms with Gasteiger partial charge >= 0.3 is 5.97 Å². The minimum Gasteiger partial charge on any atom is -0.478 e. The van der Waals surface area contributed by atoms with Gasteiger partial charge in [0.2, 0.25) is 5.91 Å². The van der Waals surface area contributed by atoms with E-state index >= 15 is 0 Å². The van der Waals surface area contributed by atoms with Crippen LogP contribution in [0.3, 0.4) is 0 Å². The van der Waals surface area contributed by atoms with Crippen LogP contribution in [-0.4, -0.2) is 34.2 Å². The molecule has 0 radical (unpaired) electrons. The lowest BCUT2D eigenvalue weighted by molar-refractivity contribution is -0.130. The first kappa shape index (κ1) is 17.4. The highest BCUT2D eigenvalue weighted by Gasteiger charge is 2.38. The molecule has 130 valence electrons. The van der Waals surface area contributed by atoms with Crippen LogP contribution in [0.5, 0.6) is 0 Å². The molecule has 1 aliphatic rings. The standard InChI is InChI=1S/C18H13N3O4S/c22-15-14(10-19-12-6-4-5-11(9-12)17(24)25)16(23)21(18(26)20-15)13-7-2-1-3-8-13/h1-10,14H,(H,24,25)(H,20,22,26)/t14-/m0/s1. The average Bonchev–Trinajstić information content (AvgIpc) is 2.62. The van der Waals surface area contributed by atoms with E-state index in [4.69, 9.17) is 17.3 Å². The smallest absolute Gasteiger partial charge is 0.335 e. The number of aliphatic imine (C=N–C) groups is 1. The number of amides is 2. The van der Waals surface area contributed by atoms with Crippen molar-refractivity contribution in [2.75, 3.05) is 4.90 Å². The monoisotopic (exact) mass is 367 g/mol. The number of hydrogen-bond donors (Lipinski definition) is 2. The molecule has 2 aromatic rings. The van der Waals surface area contributed by atoms with E-state index in [1.807, 2.05) is 0 Å². The lowest BCUT2D eigenvalue weighted by Gasteiger charge is -2.30. The van der Waals surface area contributed by atoms with Crippen molar-refractivity contribution in [1.82, 2.24) is 5.32 Å². The molecule has 26 heavy (non-hydrogen) atoms. The molecule has 0 bridgehead atoms. The van der Waals surface area contributed by atoms with Gasteiger partial charge in [0.05, 0.1) is 16.9 Å². The molecule has 1 saturated heterocycles. The van der Waals surface area contributed by atoms with E-state index in [-0.39, 0.29) is 10.7 Å². The molecule has 7 nitrogen and oxygen atoms in total. The van der Waals surface area contributed by atoms with Crippen LogP contribution in [0.25, 0.3) is 0 Å². The number of thiocarbonyl (C=S) groups is 1. The Bertz CT molecular complexity index is 927. The van der Waals surface area contributed by atoms with Gasteiger partial charge in [-0.05, 0) is 42.5 Å². The van der Waals surface area contributed by atoms with Crippen molar-refractivity contribution in [1.29, 1.82) is 0 Å². The van der Waals surface area contributed by atoms with Crippen LogP contribution in [0.15, 0.2) is 59.6 Å². The maximum atomic E-state index is 12.7. The number of carboxylic acids is 1. The van der Waals surface area contributed by atoms with Gasteiger partial charge in [0, 0.05) is 6.21 Å². The summed E-state index contributed by atoms with van der Waals surface area (Å²) in [7, 11) is 0. The van der Waals surface area contributed by atoms with Gasteiger partial charge in [0.1, 0.15) is 0 Å². The van der Waals surface area contributed by atoms with Gasteiger partial charge < -0.3 is 10.4 Å².